The van der Waals surface area contributed by atoms with Crippen molar-refractivity contribution in [3.63, 3.8) is 0 Å². The highest BCUT2D eigenvalue weighted by Crippen LogP contribution is 2.15. The topological polar surface area (TPSA) is 93.7 Å². The first kappa shape index (κ1) is 22.3. The van der Waals surface area contributed by atoms with Gasteiger partial charge < -0.3 is 20.1 Å². The number of hydrogen-bond acceptors (Lipinski definition) is 6. The fraction of sp³-hybridized carbons (Fsp3) is 0.286. The summed E-state index contributed by atoms with van der Waals surface area (Å²) in [6, 6.07) is 16.4. The van der Waals surface area contributed by atoms with Crippen LogP contribution in [0.1, 0.15) is 17.3 Å². The number of hydrogen-bond donors (Lipinski definition) is 2. The van der Waals surface area contributed by atoms with Gasteiger partial charge in [0.25, 0.3) is 11.8 Å². The second-order valence-corrected chi connectivity index (χ2v) is 6.98. The number of rotatable bonds is 11. The van der Waals surface area contributed by atoms with Crippen molar-refractivity contribution in [2.24, 2.45) is 0 Å². The van der Waals surface area contributed by atoms with Gasteiger partial charge in [0.15, 0.2) is 6.61 Å². The molecule has 0 bridgehead atoms. The molecule has 0 fully saturated rings. The van der Waals surface area contributed by atoms with Crippen molar-refractivity contribution in [1.82, 2.24) is 10.6 Å². The molecule has 2 N–H and O–H groups in total. The van der Waals surface area contributed by atoms with Gasteiger partial charge in [-0.25, -0.2) is 0 Å². The van der Waals surface area contributed by atoms with Crippen LogP contribution in [0.25, 0.3) is 0 Å². The third-order valence-corrected chi connectivity index (χ3v) is 4.63. The lowest BCUT2D eigenvalue weighted by Crippen LogP contribution is -2.34. The van der Waals surface area contributed by atoms with Gasteiger partial charge in [0.05, 0.1) is 6.61 Å². The van der Waals surface area contributed by atoms with Gasteiger partial charge in [-0.1, -0.05) is 18.2 Å². The average Bonchev–Trinajstić information content (AvgIpc) is 2.75. The molecule has 0 aliphatic carbocycles. The SMILES string of the molecule is CCOc1ccc(C(=O)NCC(=O)OCC(=O)NCCSc2ccccc2)cc1. The molecule has 154 valence electrons. The number of thioether (sulfide) groups is 1. The van der Waals surface area contributed by atoms with E-state index in [4.69, 9.17) is 9.47 Å². The highest BCUT2D eigenvalue weighted by Gasteiger charge is 2.11. The Kier molecular flexibility index (Phi) is 9.57. The molecule has 2 rings (SSSR count). The second-order valence-electron chi connectivity index (χ2n) is 5.81. The molecule has 8 heteroatoms. The lowest BCUT2D eigenvalue weighted by Gasteiger charge is -2.08. The minimum Gasteiger partial charge on any atom is -0.494 e. The number of carbonyl (C=O) groups excluding carboxylic acids is 3. The minimum absolute atomic E-state index is 0.316. The van der Waals surface area contributed by atoms with Crippen molar-refractivity contribution in [3.05, 3.63) is 60.2 Å². The average molecular weight is 416 g/mol. The molecule has 0 saturated heterocycles. The van der Waals surface area contributed by atoms with Crippen LogP contribution in [0.4, 0.5) is 0 Å². The van der Waals surface area contributed by atoms with E-state index in [0.717, 1.165) is 4.90 Å². The Labute approximate surface area is 174 Å². The fourth-order valence-corrected chi connectivity index (χ4v) is 3.04. The molecule has 29 heavy (non-hydrogen) atoms. The standard InChI is InChI=1S/C21H24N2O5S/c1-2-27-17-10-8-16(9-11-17)21(26)23-14-20(25)28-15-19(24)22-12-13-29-18-6-4-3-5-7-18/h3-11H,2,12-15H2,1H3,(H,22,24)(H,23,26). The maximum atomic E-state index is 12.0. The van der Waals surface area contributed by atoms with Crippen molar-refractivity contribution in [3.8, 4) is 5.75 Å². The number of nitrogens with one attached hydrogen (secondary N) is 2. The summed E-state index contributed by atoms with van der Waals surface area (Å²) in [7, 11) is 0. The van der Waals surface area contributed by atoms with Crippen LogP contribution < -0.4 is 15.4 Å². The fourth-order valence-electron chi connectivity index (χ4n) is 2.25. The van der Waals surface area contributed by atoms with E-state index in [1.807, 2.05) is 37.3 Å². The molecular formula is C21H24N2O5S. The van der Waals surface area contributed by atoms with Gasteiger partial charge in [0, 0.05) is 22.8 Å². The van der Waals surface area contributed by atoms with E-state index in [9.17, 15) is 14.4 Å². The molecule has 2 aromatic carbocycles. The molecule has 0 aliphatic rings. The predicted octanol–water partition coefficient (Wildman–Crippen LogP) is 2.27. The predicted molar refractivity (Wildman–Crippen MR) is 111 cm³/mol. The Hall–Kier alpha value is -3.00. The van der Waals surface area contributed by atoms with Crippen LogP contribution in [-0.4, -0.2) is 49.8 Å². The number of amides is 2. The summed E-state index contributed by atoms with van der Waals surface area (Å²) in [4.78, 5) is 36.5. The molecular weight excluding hydrogens is 392 g/mol. The Morgan fingerprint density at radius 1 is 0.966 bits per heavy atom. The molecule has 0 aliphatic heterocycles. The van der Waals surface area contributed by atoms with Crippen LogP contribution >= 0.6 is 11.8 Å². The Balaban J connectivity index is 1.58. The Morgan fingerprint density at radius 2 is 1.69 bits per heavy atom. The maximum absolute atomic E-state index is 12.0. The monoisotopic (exact) mass is 416 g/mol. The first-order chi connectivity index (χ1) is 14.1. The van der Waals surface area contributed by atoms with E-state index in [1.54, 1.807) is 36.0 Å². The Morgan fingerprint density at radius 3 is 2.38 bits per heavy atom. The number of benzene rings is 2. The molecule has 0 saturated carbocycles. The third kappa shape index (κ3) is 8.69. The summed E-state index contributed by atoms with van der Waals surface area (Å²) in [5.41, 5.74) is 0.398. The molecule has 7 nitrogen and oxygen atoms in total. The van der Waals surface area contributed by atoms with Gasteiger partial charge in [-0.05, 0) is 43.3 Å². The third-order valence-electron chi connectivity index (χ3n) is 3.62. The van der Waals surface area contributed by atoms with Crippen LogP contribution in [0.2, 0.25) is 0 Å². The van der Waals surface area contributed by atoms with Crippen molar-refractivity contribution < 1.29 is 23.9 Å². The molecule has 0 atom stereocenters. The van der Waals surface area contributed by atoms with E-state index in [2.05, 4.69) is 10.6 Å². The lowest BCUT2D eigenvalue weighted by molar-refractivity contribution is -0.147. The first-order valence-corrected chi connectivity index (χ1v) is 10.2. The van der Waals surface area contributed by atoms with Crippen LogP contribution in [-0.2, 0) is 14.3 Å². The number of carbonyl (C=O) groups is 3. The number of ether oxygens (including phenoxy) is 2. The highest BCUT2D eigenvalue weighted by molar-refractivity contribution is 7.99. The van der Waals surface area contributed by atoms with Crippen LogP contribution in [0.15, 0.2) is 59.5 Å². The summed E-state index contributed by atoms with van der Waals surface area (Å²) in [5, 5.41) is 5.13. The highest BCUT2D eigenvalue weighted by atomic mass is 32.2. The zero-order valence-electron chi connectivity index (χ0n) is 16.2. The minimum atomic E-state index is -0.682. The van der Waals surface area contributed by atoms with E-state index < -0.39 is 11.9 Å². The largest absolute Gasteiger partial charge is 0.494 e. The quantitative estimate of drug-likeness (QED) is 0.332. The lowest BCUT2D eigenvalue weighted by atomic mass is 10.2. The normalized spacial score (nSPS) is 10.1. The van der Waals surface area contributed by atoms with Gasteiger partial charge in [-0.15, -0.1) is 11.8 Å². The van der Waals surface area contributed by atoms with Crippen LogP contribution in [0.5, 0.6) is 5.75 Å². The van der Waals surface area contributed by atoms with Crippen molar-refractivity contribution >= 4 is 29.5 Å². The van der Waals surface area contributed by atoms with Crippen molar-refractivity contribution in [1.29, 1.82) is 0 Å². The number of esters is 1. The molecule has 0 radical (unpaired) electrons. The van der Waals surface area contributed by atoms with Crippen LogP contribution in [0.3, 0.4) is 0 Å². The van der Waals surface area contributed by atoms with E-state index in [1.165, 1.54) is 0 Å². The van der Waals surface area contributed by atoms with Gasteiger partial charge >= 0.3 is 5.97 Å². The van der Waals surface area contributed by atoms with Gasteiger partial charge in [-0.3, -0.25) is 14.4 Å². The van der Waals surface area contributed by atoms with E-state index in [-0.39, 0.29) is 19.1 Å². The molecule has 0 unspecified atom stereocenters. The zero-order valence-corrected chi connectivity index (χ0v) is 17.0. The second kappa shape index (κ2) is 12.5. The smallest absolute Gasteiger partial charge is 0.325 e. The van der Waals surface area contributed by atoms with Gasteiger partial charge in [0.2, 0.25) is 0 Å². The summed E-state index contributed by atoms with van der Waals surface area (Å²) in [6.45, 7) is 2.17. The van der Waals surface area contributed by atoms with Crippen LogP contribution in [0, 0.1) is 0 Å². The van der Waals surface area contributed by atoms with Crippen molar-refractivity contribution in [2.75, 3.05) is 32.1 Å². The summed E-state index contributed by atoms with van der Waals surface area (Å²) < 4.78 is 10.2. The van der Waals surface area contributed by atoms with Gasteiger partial charge in [0.1, 0.15) is 12.3 Å². The summed E-state index contributed by atoms with van der Waals surface area (Å²) in [6.07, 6.45) is 0. The molecule has 0 heterocycles. The maximum Gasteiger partial charge on any atom is 0.325 e. The van der Waals surface area contributed by atoms with E-state index >= 15 is 0 Å². The van der Waals surface area contributed by atoms with Crippen molar-refractivity contribution in [2.45, 2.75) is 11.8 Å². The Bertz CT molecular complexity index is 796. The van der Waals surface area contributed by atoms with Gasteiger partial charge in [-0.2, -0.15) is 0 Å². The zero-order chi connectivity index (χ0) is 20.9. The first-order valence-electron chi connectivity index (χ1n) is 9.19. The van der Waals surface area contributed by atoms with E-state index in [0.29, 0.717) is 30.2 Å². The molecule has 0 aromatic heterocycles. The summed E-state index contributed by atoms with van der Waals surface area (Å²) in [5.74, 6) is -0.103. The molecule has 0 spiro atoms. The molecule has 2 aromatic rings. The summed E-state index contributed by atoms with van der Waals surface area (Å²) >= 11 is 1.62. The molecule has 2 amide bonds.